The van der Waals surface area contributed by atoms with E-state index in [-0.39, 0.29) is 5.82 Å². The van der Waals surface area contributed by atoms with Crippen molar-refractivity contribution >= 4 is 5.95 Å². The monoisotopic (exact) mass is 378 g/mol. The smallest absolute Gasteiger partial charge is 0.226 e. The van der Waals surface area contributed by atoms with E-state index in [0.29, 0.717) is 24.1 Å². The fourth-order valence-electron chi connectivity index (χ4n) is 3.35. The minimum Gasteiger partial charge on any atom is -0.439 e. The van der Waals surface area contributed by atoms with Crippen molar-refractivity contribution in [2.45, 2.75) is 25.9 Å². The summed E-state index contributed by atoms with van der Waals surface area (Å²) in [5.74, 6) is 1.14. The summed E-state index contributed by atoms with van der Waals surface area (Å²) in [7, 11) is 0. The molecule has 0 amide bonds. The average molecular weight is 378 g/mol. The Balaban J connectivity index is 1.40. The number of likely N-dealkylation sites (tertiary alicyclic amines) is 1. The van der Waals surface area contributed by atoms with Gasteiger partial charge in [-0.1, -0.05) is 24.3 Å². The quantitative estimate of drug-likeness (QED) is 0.650. The molecule has 2 heterocycles. The van der Waals surface area contributed by atoms with Crippen LogP contribution in [0.15, 0.2) is 60.8 Å². The second kappa shape index (κ2) is 8.80. The van der Waals surface area contributed by atoms with Crippen LogP contribution in [0.25, 0.3) is 0 Å². The van der Waals surface area contributed by atoms with Crippen molar-refractivity contribution in [2.75, 3.05) is 18.4 Å². The highest BCUT2D eigenvalue weighted by molar-refractivity contribution is 5.35. The van der Waals surface area contributed by atoms with E-state index in [0.717, 1.165) is 6.54 Å². The summed E-state index contributed by atoms with van der Waals surface area (Å²) in [6, 6.07) is 16.0. The number of ether oxygens (including phenoxy) is 1. The largest absolute Gasteiger partial charge is 0.439 e. The molecule has 1 aliphatic rings. The lowest BCUT2D eigenvalue weighted by Gasteiger charge is -2.17. The number of anilines is 1. The van der Waals surface area contributed by atoms with Gasteiger partial charge in [0.15, 0.2) is 0 Å². The fourth-order valence-corrected chi connectivity index (χ4v) is 3.35. The van der Waals surface area contributed by atoms with Gasteiger partial charge < -0.3 is 10.1 Å². The van der Waals surface area contributed by atoms with Crippen LogP contribution in [0.5, 0.6) is 11.6 Å². The van der Waals surface area contributed by atoms with Crippen LogP contribution < -0.4 is 10.1 Å². The molecular formula is C22H23FN4O. The van der Waals surface area contributed by atoms with Gasteiger partial charge >= 0.3 is 0 Å². The van der Waals surface area contributed by atoms with Gasteiger partial charge in [0, 0.05) is 25.4 Å². The maximum Gasteiger partial charge on any atom is 0.226 e. The second-order valence-corrected chi connectivity index (χ2v) is 6.88. The molecule has 3 aromatic rings. The predicted molar refractivity (Wildman–Crippen MR) is 107 cm³/mol. The van der Waals surface area contributed by atoms with Crippen molar-refractivity contribution < 1.29 is 9.13 Å². The minimum absolute atomic E-state index is 0.301. The standard InChI is InChI=1S/C22H23FN4O/c23-19-7-9-20(10-8-19)28-21-11-12-24-22(26-21)25-15-17-5-1-2-6-18(17)16-27-13-3-4-14-27/h1-2,5-12H,3-4,13-16H2,(H,24,25,26). The zero-order valence-corrected chi connectivity index (χ0v) is 15.6. The first-order valence-corrected chi connectivity index (χ1v) is 9.56. The molecule has 1 aliphatic heterocycles. The highest BCUT2D eigenvalue weighted by atomic mass is 19.1. The Bertz CT molecular complexity index is 910. The molecule has 2 aromatic carbocycles. The Morgan fingerprint density at radius 2 is 1.71 bits per heavy atom. The molecule has 0 radical (unpaired) electrons. The predicted octanol–water partition coefficient (Wildman–Crippen LogP) is 4.62. The highest BCUT2D eigenvalue weighted by Crippen LogP contribution is 2.21. The van der Waals surface area contributed by atoms with Crippen molar-refractivity contribution in [2.24, 2.45) is 0 Å². The molecule has 0 unspecified atom stereocenters. The summed E-state index contributed by atoms with van der Waals surface area (Å²) >= 11 is 0. The molecule has 1 aromatic heterocycles. The first-order chi connectivity index (χ1) is 13.8. The van der Waals surface area contributed by atoms with Crippen molar-refractivity contribution in [1.29, 1.82) is 0 Å². The number of benzene rings is 2. The summed E-state index contributed by atoms with van der Waals surface area (Å²) in [5, 5.41) is 3.28. The number of hydrogen-bond donors (Lipinski definition) is 1. The summed E-state index contributed by atoms with van der Waals surface area (Å²) < 4.78 is 18.7. The molecule has 6 heteroatoms. The van der Waals surface area contributed by atoms with Gasteiger partial charge in [0.25, 0.3) is 0 Å². The summed E-state index contributed by atoms with van der Waals surface area (Å²) in [6.45, 7) is 3.97. The number of nitrogens with one attached hydrogen (secondary N) is 1. The Morgan fingerprint density at radius 3 is 2.50 bits per heavy atom. The van der Waals surface area contributed by atoms with Crippen molar-refractivity contribution in [1.82, 2.24) is 14.9 Å². The topological polar surface area (TPSA) is 50.3 Å². The first-order valence-electron chi connectivity index (χ1n) is 9.56. The zero-order chi connectivity index (χ0) is 19.2. The van der Waals surface area contributed by atoms with E-state index in [4.69, 9.17) is 4.74 Å². The third-order valence-corrected chi connectivity index (χ3v) is 4.81. The van der Waals surface area contributed by atoms with E-state index in [9.17, 15) is 4.39 Å². The number of aromatic nitrogens is 2. The van der Waals surface area contributed by atoms with E-state index in [2.05, 4.69) is 44.5 Å². The molecule has 0 aliphatic carbocycles. The van der Waals surface area contributed by atoms with E-state index in [1.54, 1.807) is 24.4 Å². The molecular weight excluding hydrogens is 355 g/mol. The summed E-state index contributed by atoms with van der Waals surface area (Å²) in [4.78, 5) is 11.2. The third kappa shape index (κ3) is 4.84. The molecule has 144 valence electrons. The highest BCUT2D eigenvalue weighted by Gasteiger charge is 2.13. The third-order valence-electron chi connectivity index (χ3n) is 4.81. The zero-order valence-electron chi connectivity index (χ0n) is 15.6. The Kier molecular flexibility index (Phi) is 5.77. The molecule has 1 fully saturated rings. The Hall–Kier alpha value is -2.99. The molecule has 28 heavy (non-hydrogen) atoms. The second-order valence-electron chi connectivity index (χ2n) is 6.88. The normalized spacial score (nSPS) is 14.2. The average Bonchev–Trinajstić information content (AvgIpc) is 3.23. The minimum atomic E-state index is -0.301. The molecule has 1 N–H and O–H groups in total. The molecule has 0 saturated carbocycles. The van der Waals surface area contributed by atoms with Gasteiger partial charge in [-0.3, -0.25) is 4.90 Å². The molecule has 1 saturated heterocycles. The van der Waals surface area contributed by atoms with Gasteiger partial charge in [0.1, 0.15) is 11.6 Å². The van der Waals surface area contributed by atoms with E-state index >= 15 is 0 Å². The number of halogens is 1. The van der Waals surface area contributed by atoms with Crippen molar-refractivity contribution in [3.63, 3.8) is 0 Å². The van der Waals surface area contributed by atoms with Crippen LogP contribution >= 0.6 is 0 Å². The number of rotatable bonds is 7. The van der Waals surface area contributed by atoms with E-state index in [1.165, 1.54) is 49.2 Å². The Labute approximate surface area is 164 Å². The molecule has 0 atom stereocenters. The van der Waals surface area contributed by atoms with Crippen LogP contribution in [0.4, 0.5) is 10.3 Å². The molecule has 5 nitrogen and oxygen atoms in total. The van der Waals surface area contributed by atoms with Gasteiger partial charge in [0.05, 0.1) is 0 Å². The molecule has 0 bridgehead atoms. The van der Waals surface area contributed by atoms with Crippen LogP contribution in [0.1, 0.15) is 24.0 Å². The number of hydrogen-bond acceptors (Lipinski definition) is 5. The van der Waals surface area contributed by atoms with Crippen LogP contribution in [-0.2, 0) is 13.1 Å². The molecule has 0 spiro atoms. The van der Waals surface area contributed by atoms with E-state index < -0.39 is 0 Å². The first kappa shape index (κ1) is 18.4. The lowest BCUT2D eigenvalue weighted by molar-refractivity contribution is 0.330. The van der Waals surface area contributed by atoms with Gasteiger partial charge in [-0.15, -0.1) is 0 Å². The lowest BCUT2D eigenvalue weighted by Crippen LogP contribution is -2.19. The van der Waals surface area contributed by atoms with Gasteiger partial charge in [-0.2, -0.15) is 4.98 Å². The van der Waals surface area contributed by atoms with Gasteiger partial charge in [-0.05, 0) is 61.3 Å². The van der Waals surface area contributed by atoms with Crippen molar-refractivity contribution in [3.8, 4) is 11.6 Å². The SMILES string of the molecule is Fc1ccc(Oc2ccnc(NCc3ccccc3CN3CCCC3)n2)cc1. The van der Waals surface area contributed by atoms with Crippen LogP contribution in [-0.4, -0.2) is 28.0 Å². The maximum absolute atomic E-state index is 13.0. The van der Waals surface area contributed by atoms with Gasteiger partial charge in [-0.25, -0.2) is 9.37 Å². The van der Waals surface area contributed by atoms with Crippen LogP contribution in [0, 0.1) is 5.82 Å². The Morgan fingerprint density at radius 1 is 0.964 bits per heavy atom. The van der Waals surface area contributed by atoms with Crippen LogP contribution in [0.2, 0.25) is 0 Å². The summed E-state index contributed by atoms with van der Waals surface area (Å²) in [6.07, 6.45) is 4.22. The lowest BCUT2D eigenvalue weighted by atomic mass is 10.1. The van der Waals surface area contributed by atoms with E-state index in [1.807, 2.05) is 0 Å². The number of nitrogens with zero attached hydrogens (tertiary/aromatic N) is 3. The fraction of sp³-hybridized carbons (Fsp3) is 0.273. The maximum atomic E-state index is 13.0. The summed E-state index contributed by atoms with van der Waals surface area (Å²) in [5.41, 5.74) is 2.57. The van der Waals surface area contributed by atoms with Crippen LogP contribution in [0.3, 0.4) is 0 Å². The molecule has 4 rings (SSSR count). The van der Waals surface area contributed by atoms with Gasteiger partial charge in [0.2, 0.25) is 11.8 Å². The van der Waals surface area contributed by atoms with Crippen molar-refractivity contribution in [3.05, 3.63) is 77.7 Å².